The van der Waals surface area contributed by atoms with E-state index in [4.69, 9.17) is 4.74 Å². The highest BCUT2D eigenvalue weighted by Crippen LogP contribution is 2.48. The molecule has 3 aliphatic heterocycles. The number of carbonyl (C=O) groups excluding carboxylic acids is 1. The highest BCUT2D eigenvalue weighted by atomic mass is 32.2. The number of fused-ring (bicyclic) bond motifs is 8. The summed E-state index contributed by atoms with van der Waals surface area (Å²) in [7, 11) is 0. The van der Waals surface area contributed by atoms with Gasteiger partial charge in [0.25, 0.3) is 0 Å². The van der Waals surface area contributed by atoms with Crippen LogP contribution in [0.2, 0.25) is 0 Å². The van der Waals surface area contributed by atoms with Crippen molar-refractivity contribution >= 4 is 35.0 Å². The van der Waals surface area contributed by atoms with Crippen LogP contribution in [0.1, 0.15) is 42.4 Å². The van der Waals surface area contributed by atoms with E-state index in [9.17, 15) is 4.79 Å². The summed E-state index contributed by atoms with van der Waals surface area (Å²) in [4.78, 5) is 16.1. The van der Waals surface area contributed by atoms with Crippen LogP contribution >= 0.6 is 23.1 Å². The average molecular weight is 462 g/mol. The SMILES string of the molecule is CC1NC2c3c(sc4c3C[C@@H](C)CC4)-n3c(SCC(=O)N4CCOCC4)nnc3N2N1. The van der Waals surface area contributed by atoms with Crippen molar-refractivity contribution in [1.82, 2.24) is 30.4 Å². The number of hydrogen-bond donors (Lipinski definition) is 2. The molecule has 2 fully saturated rings. The molecule has 2 aromatic rings. The Bertz CT molecular complexity index is 1020. The number of rotatable bonds is 3. The summed E-state index contributed by atoms with van der Waals surface area (Å²) in [6, 6.07) is 0. The molecule has 2 aromatic heterocycles. The van der Waals surface area contributed by atoms with E-state index in [-0.39, 0.29) is 18.2 Å². The Morgan fingerprint density at radius 2 is 2.13 bits per heavy atom. The lowest BCUT2D eigenvalue weighted by atomic mass is 9.87. The van der Waals surface area contributed by atoms with Crippen LogP contribution < -0.4 is 15.8 Å². The summed E-state index contributed by atoms with van der Waals surface area (Å²) in [6.45, 7) is 7.04. The first kappa shape index (κ1) is 20.0. The predicted molar refractivity (Wildman–Crippen MR) is 120 cm³/mol. The van der Waals surface area contributed by atoms with Crippen LogP contribution in [-0.2, 0) is 22.4 Å². The Kier molecular flexibility index (Phi) is 4.98. The molecule has 2 unspecified atom stereocenters. The zero-order valence-corrected chi connectivity index (χ0v) is 19.4. The lowest BCUT2D eigenvalue weighted by Gasteiger charge is -2.31. The van der Waals surface area contributed by atoms with Gasteiger partial charge in [-0.15, -0.1) is 21.5 Å². The Hall–Kier alpha value is -1.66. The van der Waals surface area contributed by atoms with E-state index in [0.29, 0.717) is 38.0 Å². The number of ether oxygens (including phenoxy) is 1. The van der Waals surface area contributed by atoms with E-state index < -0.39 is 0 Å². The number of aromatic nitrogens is 3. The molecule has 3 atom stereocenters. The highest BCUT2D eigenvalue weighted by molar-refractivity contribution is 7.99. The standard InChI is InChI=1S/C20H27N7O2S2/c1-11-3-4-14-13(9-11)16-17-21-12(2)24-27(17)19-22-23-20(26(19)18(16)31-14)30-10-15(28)25-5-7-29-8-6-25/h11-12,17,21,24H,3-10H2,1-2H3/t11-,12?,17?/m0/s1. The maximum atomic E-state index is 12.7. The molecule has 0 saturated carbocycles. The van der Waals surface area contributed by atoms with Crippen LogP contribution in [0.4, 0.5) is 5.95 Å². The molecule has 1 aliphatic carbocycles. The molecule has 166 valence electrons. The number of hydrazine groups is 1. The number of nitrogens with zero attached hydrogens (tertiary/aromatic N) is 5. The highest BCUT2D eigenvalue weighted by Gasteiger charge is 2.44. The lowest BCUT2D eigenvalue weighted by Crippen LogP contribution is -2.41. The molecule has 6 rings (SSSR count). The second-order valence-electron chi connectivity index (χ2n) is 8.76. The number of anilines is 1. The van der Waals surface area contributed by atoms with E-state index >= 15 is 0 Å². The minimum absolute atomic E-state index is 0.0693. The van der Waals surface area contributed by atoms with E-state index in [1.54, 1.807) is 0 Å². The van der Waals surface area contributed by atoms with Crippen molar-refractivity contribution in [3.8, 4) is 5.00 Å². The van der Waals surface area contributed by atoms with E-state index in [2.05, 4.69) is 44.4 Å². The Morgan fingerprint density at radius 3 is 2.97 bits per heavy atom. The van der Waals surface area contributed by atoms with Crippen molar-refractivity contribution in [3.05, 3.63) is 16.0 Å². The molecule has 4 aliphatic rings. The largest absolute Gasteiger partial charge is 0.378 e. The Balaban J connectivity index is 1.35. The smallest absolute Gasteiger partial charge is 0.249 e. The van der Waals surface area contributed by atoms with Gasteiger partial charge in [0.15, 0.2) is 5.16 Å². The van der Waals surface area contributed by atoms with Gasteiger partial charge in [0.05, 0.1) is 25.1 Å². The van der Waals surface area contributed by atoms with E-state index in [0.717, 1.165) is 23.9 Å². The van der Waals surface area contributed by atoms with Crippen LogP contribution in [0.25, 0.3) is 5.00 Å². The van der Waals surface area contributed by atoms with Gasteiger partial charge in [-0.1, -0.05) is 18.7 Å². The third kappa shape index (κ3) is 3.29. The fourth-order valence-corrected chi connectivity index (χ4v) is 7.22. The molecule has 11 heteroatoms. The van der Waals surface area contributed by atoms with Gasteiger partial charge in [0.2, 0.25) is 11.9 Å². The van der Waals surface area contributed by atoms with Gasteiger partial charge in [0.1, 0.15) is 11.2 Å². The van der Waals surface area contributed by atoms with Gasteiger partial charge >= 0.3 is 0 Å². The van der Waals surface area contributed by atoms with Gasteiger partial charge in [-0.3, -0.25) is 15.1 Å². The molecule has 5 heterocycles. The summed E-state index contributed by atoms with van der Waals surface area (Å²) in [6.07, 6.45) is 3.72. The molecule has 9 nitrogen and oxygen atoms in total. The second kappa shape index (κ2) is 7.73. The summed E-state index contributed by atoms with van der Waals surface area (Å²) in [5.41, 5.74) is 6.35. The fraction of sp³-hybridized carbons (Fsp3) is 0.650. The van der Waals surface area contributed by atoms with Crippen molar-refractivity contribution in [1.29, 1.82) is 0 Å². The zero-order chi connectivity index (χ0) is 21.1. The first-order valence-electron chi connectivity index (χ1n) is 11.0. The molecule has 2 N–H and O–H groups in total. The van der Waals surface area contributed by atoms with Gasteiger partial charge < -0.3 is 9.64 Å². The van der Waals surface area contributed by atoms with E-state index in [1.807, 2.05) is 16.2 Å². The molecule has 1 amide bonds. The van der Waals surface area contributed by atoms with Crippen LogP contribution in [0.5, 0.6) is 0 Å². The second-order valence-corrected chi connectivity index (χ2v) is 10.8. The topological polar surface area (TPSA) is 87.5 Å². The third-order valence-electron chi connectivity index (χ3n) is 6.52. The zero-order valence-electron chi connectivity index (χ0n) is 17.8. The first-order valence-corrected chi connectivity index (χ1v) is 12.8. The van der Waals surface area contributed by atoms with Gasteiger partial charge in [0, 0.05) is 23.5 Å². The molecule has 2 saturated heterocycles. The van der Waals surface area contributed by atoms with Crippen LogP contribution in [0.3, 0.4) is 0 Å². The van der Waals surface area contributed by atoms with Crippen molar-refractivity contribution in [2.24, 2.45) is 5.92 Å². The molecule has 0 radical (unpaired) electrons. The number of thioether (sulfide) groups is 1. The summed E-state index contributed by atoms with van der Waals surface area (Å²) < 4.78 is 7.52. The van der Waals surface area contributed by atoms with Crippen molar-refractivity contribution in [3.63, 3.8) is 0 Å². The van der Waals surface area contributed by atoms with Gasteiger partial charge in [-0.25, -0.2) is 9.99 Å². The molecule has 31 heavy (non-hydrogen) atoms. The van der Waals surface area contributed by atoms with E-state index in [1.165, 1.54) is 39.2 Å². The Morgan fingerprint density at radius 1 is 1.29 bits per heavy atom. The predicted octanol–water partition coefficient (Wildman–Crippen LogP) is 1.68. The van der Waals surface area contributed by atoms with Gasteiger partial charge in [-0.05, 0) is 37.7 Å². The van der Waals surface area contributed by atoms with Gasteiger partial charge in [-0.2, -0.15) is 0 Å². The maximum absolute atomic E-state index is 12.7. The van der Waals surface area contributed by atoms with Crippen LogP contribution in [-0.4, -0.2) is 63.8 Å². The number of aryl methyl sites for hydroxylation is 1. The summed E-state index contributed by atoms with van der Waals surface area (Å²) >= 11 is 3.35. The van der Waals surface area contributed by atoms with Crippen LogP contribution in [0, 0.1) is 5.92 Å². The number of carbonyl (C=O) groups is 1. The summed E-state index contributed by atoms with van der Waals surface area (Å²) in [5.74, 6) is 1.99. The minimum atomic E-state index is 0.0693. The molecule has 0 spiro atoms. The third-order valence-corrected chi connectivity index (χ3v) is 8.73. The molecule has 0 aromatic carbocycles. The van der Waals surface area contributed by atoms with Crippen molar-refractivity contribution < 1.29 is 9.53 Å². The fourth-order valence-electron chi connectivity index (χ4n) is 4.95. The molecule has 0 bridgehead atoms. The number of hydrogen-bond acceptors (Lipinski definition) is 9. The molecular formula is C20H27N7O2S2. The first-order chi connectivity index (χ1) is 15.1. The van der Waals surface area contributed by atoms with Crippen LogP contribution in [0.15, 0.2) is 5.16 Å². The number of morpholine rings is 1. The Labute approximate surface area is 189 Å². The quantitative estimate of drug-likeness (QED) is 0.668. The normalized spacial score (nSPS) is 27.0. The average Bonchev–Trinajstić information content (AvgIpc) is 3.46. The number of amides is 1. The minimum Gasteiger partial charge on any atom is -0.378 e. The van der Waals surface area contributed by atoms with Crippen molar-refractivity contribution in [2.45, 2.75) is 50.6 Å². The van der Waals surface area contributed by atoms with Crippen molar-refractivity contribution in [2.75, 3.05) is 37.1 Å². The maximum Gasteiger partial charge on any atom is 0.249 e. The monoisotopic (exact) mass is 461 g/mol. The lowest BCUT2D eigenvalue weighted by molar-refractivity contribution is -0.132. The summed E-state index contributed by atoms with van der Waals surface area (Å²) in [5, 5.41) is 16.8. The molecular weight excluding hydrogens is 434 g/mol. The number of thiophene rings is 1. The number of nitrogens with one attached hydrogen (secondary N) is 2.